The summed E-state index contributed by atoms with van der Waals surface area (Å²) in [7, 11) is 2.11. The lowest BCUT2D eigenvalue weighted by Crippen LogP contribution is -2.33. The Balaban J connectivity index is 0. The van der Waals surface area contributed by atoms with Crippen LogP contribution < -0.4 is 0 Å². The molecular formula is C11H27NO. The first kappa shape index (κ1) is 15.4. The van der Waals surface area contributed by atoms with E-state index in [-0.39, 0.29) is 0 Å². The highest BCUT2D eigenvalue weighted by Crippen LogP contribution is 2.13. The zero-order valence-electron chi connectivity index (χ0n) is 10.0. The zero-order chi connectivity index (χ0) is 10.7. The second-order valence-electron chi connectivity index (χ2n) is 2.95. The predicted octanol–water partition coefficient (Wildman–Crippen LogP) is 2.37. The van der Waals surface area contributed by atoms with E-state index in [9.17, 15) is 0 Å². The summed E-state index contributed by atoms with van der Waals surface area (Å²) in [5.74, 6) is 0.545. The standard InChI is InChI=1S/C7H15NO.2C2H6/c1-8-4-2-3-7(5-8)6-9;2*1-2/h7,9H,2-6H2,1H3;2*1-2H3. The van der Waals surface area contributed by atoms with Crippen LogP contribution in [0.3, 0.4) is 0 Å². The largest absolute Gasteiger partial charge is 0.396 e. The highest BCUT2D eigenvalue weighted by atomic mass is 16.3. The van der Waals surface area contributed by atoms with Crippen molar-refractivity contribution >= 4 is 0 Å². The zero-order valence-corrected chi connectivity index (χ0v) is 10.0. The Morgan fingerprint density at radius 3 is 2.08 bits per heavy atom. The van der Waals surface area contributed by atoms with E-state index in [0.717, 1.165) is 6.54 Å². The molecule has 0 aromatic heterocycles. The van der Waals surface area contributed by atoms with E-state index < -0.39 is 0 Å². The fourth-order valence-corrected chi connectivity index (χ4v) is 1.42. The summed E-state index contributed by atoms with van der Waals surface area (Å²) in [5.41, 5.74) is 0. The van der Waals surface area contributed by atoms with Crippen molar-refractivity contribution in [2.45, 2.75) is 40.5 Å². The van der Waals surface area contributed by atoms with Crippen molar-refractivity contribution in [1.82, 2.24) is 4.90 Å². The number of aliphatic hydroxyl groups excluding tert-OH is 1. The van der Waals surface area contributed by atoms with Gasteiger partial charge in [0.15, 0.2) is 0 Å². The maximum absolute atomic E-state index is 8.78. The maximum Gasteiger partial charge on any atom is 0.0471 e. The molecule has 0 radical (unpaired) electrons. The fraction of sp³-hybridized carbons (Fsp3) is 1.00. The Hall–Kier alpha value is -0.0800. The Morgan fingerprint density at radius 1 is 1.23 bits per heavy atom. The van der Waals surface area contributed by atoms with E-state index in [2.05, 4.69) is 11.9 Å². The summed E-state index contributed by atoms with van der Waals surface area (Å²) in [6, 6.07) is 0. The topological polar surface area (TPSA) is 23.5 Å². The Bertz CT molecular complexity index is 86.2. The number of hydrogen-bond acceptors (Lipinski definition) is 2. The van der Waals surface area contributed by atoms with Crippen molar-refractivity contribution in [3.63, 3.8) is 0 Å². The molecule has 0 spiro atoms. The molecule has 2 nitrogen and oxygen atoms in total. The number of nitrogens with zero attached hydrogens (tertiary/aromatic N) is 1. The molecule has 0 aliphatic carbocycles. The average Bonchev–Trinajstić information content (AvgIpc) is 2.24. The lowest BCUT2D eigenvalue weighted by molar-refractivity contribution is 0.138. The van der Waals surface area contributed by atoms with Crippen LogP contribution in [0.25, 0.3) is 0 Å². The molecule has 0 saturated carbocycles. The second-order valence-corrected chi connectivity index (χ2v) is 2.95. The van der Waals surface area contributed by atoms with E-state index in [1.165, 1.54) is 19.4 Å². The van der Waals surface area contributed by atoms with Crippen LogP contribution in [0.15, 0.2) is 0 Å². The van der Waals surface area contributed by atoms with Gasteiger partial charge in [-0.15, -0.1) is 0 Å². The van der Waals surface area contributed by atoms with Crippen LogP contribution in [0.2, 0.25) is 0 Å². The summed E-state index contributed by atoms with van der Waals surface area (Å²) in [6.07, 6.45) is 2.46. The third kappa shape index (κ3) is 8.26. The van der Waals surface area contributed by atoms with Crippen LogP contribution in [0.5, 0.6) is 0 Å². The second kappa shape index (κ2) is 11.9. The molecule has 1 aliphatic rings. The SMILES string of the molecule is CC.CC.CN1CCCC(CO)C1. The van der Waals surface area contributed by atoms with Crippen molar-refractivity contribution in [1.29, 1.82) is 0 Å². The minimum absolute atomic E-state index is 0.365. The van der Waals surface area contributed by atoms with Crippen LogP contribution in [0.4, 0.5) is 0 Å². The van der Waals surface area contributed by atoms with Gasteiger partial charge in [-0.05, 0) is 32.4 Å². The first-order chi connectivity index (χ1) is 6.33. The van der Waals surface area contributed by atoms with Crippen LogP contribution in [0, 0.1) is 5.92 Å². The fourth-order valence-electron chi connectivity index (χ4n) is 1.42. The van der Waals surface area contributed by atoms with Crippen molar-refractivity contribution in [3.8, 4) is 0 Å². The molecule has 13 heavy (non-hydrogen) atoms. The molecule has 0 bridgehead atoms. The lowest BCUT2D eigenvalue weighted by atomic mass is 10.00. The van der Waals surface area contributed by atoms with Gasteiger partial charge in [-0.3, -0.25) is 0 Å². The predicted molar refractivity (Wildman–Crippen MR) is 60.0 cm³/mol. The van der Waals surface area contributed by atoms with E-state index >= 15 is 0 Å². The number of hydrogen-bond donors (Lipinski definition) is 1. The van der Waals surface area contributed by atoms with Crippen LogP contribution in [-0.2, 0) is 0 Å². The maximum atomic E-state index is 8.78. The molecule has 1 N–H and O–H groups in total. The molecule has 1 saturated heterocycles. The normalized spacial score (nSPS) is 22.2. The molecule has 1 unspecified atom stereocenters. The van der Waals surface area contributed by atoms with Gasteiger partial charge in [-0.2, -0.15) is 0 Å². The summed E-state index contributed by atoms with van der Waals surface area (Å²) >= 11 is 0. The molecular weight excluding hydrogens is 162 g/mol. The minimum atomic E-state index is 0.365. The van der Waals surface area contributed by atoms with Gasteiger partial charge in [-0.1, -0.05) is 27.7 Å². The Labute approximate surface area is 83.9 Å². The van der Waals surface area contributed by atoms with E-state index in [4.69, 9.17) is 5.11 Å². The third-order valence-corrected chi connectivity index (χ3v) is 1.98. The molecule has 1 heterocycles. The van der Waals surface area contributed by atoms with Gasteiger partial charge < -0.3 is 10.0 Å². The summed E-state index contributed by atoms with van der Waals surface area (Å²) < 4.78 is 0. The van der Waals surface area contributed by atoms with Crippen molar-refractivity contribution in [2.24, 2.45) is 5.92 Å². The minimum Gasteiger partial charge on any atom is -0.396 e. The molecule has 1 fully saturated rings. The quantitative estimate of drug-likeness (QED) is 0.684. The van der Waals surface area contributed by atoms with Crippen LogP contribution >= 0.6 is 0 Å². The molecule has 1 rings (SSSR count). The van der Waals surface area contributed by atoms with Crippen molar-refractivity contribution in [2.75, 3.05) is 26.7 Å². The first-order valence-electron chi connectivity index (χ1n) is 5.62. The van der Waals surface area contributed by atoms with E-state index in [1.54, 1.807) is 0 Å². The van der Waals surface area contributed by atoms with Gasteiger partial charge in [-0.25, -0.2) is 0 Å². The highest BCUT2D eigenvalue weighted by molar-refractivity contribution is 4.68. The van der Waals surface area contributed by atoms with Gasteiger partial charge in [0.05, 0.1) is 0 Å². The van der Waals surface area contributed by atoms with Gasteiger partial charge in [0.2, 0.25) is 0 Å². The molecule has 1 atom stereocenters. The highest BCUT2D eigenvalue weighted by Gasteiger charge is 2.15. The number of aliphatic hydroxyl groups is 1. The van der Waals surface area contributed by atoms with E-state index in [1.807, 2.05) is 27.7 Å². The molecule has 0 aromatic carbocycles. The summed E-state index contributed by atoms with van der Waals surface area (Å²) in [6.45, 7) is 10.7. The average molecular weight is 189 g/mol. The van der Waals surface area contributed by atoms with Gasteiger partial charge in [0, 0.05) is 13.2 Å². The van der Waals surface area contributed by atoms with Crippen molar-refractivity contribution in [3.05, 3.63) is 0 Å². The Morgan fingerprint density at radius 2 is 1.77 bits per heavy atom. The van der Waals surface area contributed by atoms with Crippen LogP contribution in [-0.4, -0.2) is 36.8 Å². The number of rotatable bonds is 1. The molecule has 1 aliphatic heterocycles. The van der Waals surface area contributed by atoms with Gasteiger partial charge in [0.25, 0.3) is 0 Å². The number of likely N-dealkylation sites (tertiary alicyclic amines) is 1. The molecule has 2 heteroatoms. The number of piperidine rings is 1. The van der Waals surface area contributed by atoms with E-state index in [0.29, 0.717) is 12.5 Å². The van der Waals surface area contributed by atoms with Crippen molar-refractivity contribution < 1.29 is 5.11 Å². The molecule has 0 amide bonds. The lowest BCUT2D eigenvalue weighted by Gasteiger charge is -2.27. The Kier molecular flexibility index (Phi) is 14.1. The monoisotopic (exact) mass is 189 g/mol. The van der Waals surface area contributed by atoms with Gasteiger partial charge >= 0.3 is 0 Å². The first-order valence-corrected chi connectivity index (χ1v) is 5.62. The summed E-state index contributed by atoms with van der Waals surface area (Å²) in [5, 5.41) is 8.78. The summed E-state index contributed by atoms with van der Waals surface area (Å²) in [4.78, 5) is 2.28. The third-order valence-electron chi connectivity index (χ3n) is 1.98. The smallest absolute Gasteiger partial charge is 0.0471 e. The van der Waals surface area contributed by atoms with Gasteiger partial charge in [0.1, 0.15) is 0 Å². The molecule has 0 aromatic rings. The van der Waals surface area contributed by atoms with Crippen LogP contribution in [0.1, 0.15) is 40.5 Å². The molecule has 82 valence electrons.